The highest BCUT2D eigenvalue weighted by molar-refractivity contribution is 7.10. The van der Waals surface area contributed by atoms with Crippen LogP contribution in [0.3, 0.4) is 0 Å². The van der Waals surface area contributed by atoms with Gasteiger partial charge in [0, 0.05) is 11.1 Å². The molecule has 0 aliphatic carbocycles. The Morgan fingerprint density at radius 3 is 2.64 bits per heavy atom. The average molecular weight is 364 g/mol. The van der Waals surface area contributed by atoms with E-state index < -0.39 is 18.0 Å². The van der Waals surface area contributed by atoms with Crippen LogP contribution in [0.4, 0.5) is 13.2 Å². The number of aromatic nitrogens is 2. The molecule has 0 spiro atoms. The fourth-order valence-corrected chi connectivity index (χ4v) is 2.69. The molecule has 0 atom stereocenters. The monoisotopic (exact) mass is 364 g/mol. The quantitative estimate of drug-likeness (QED) is 0.674. The number of carbonyl (C=O) groups excluding carboxylic acids is 1. The Hall–Kier alpha value is -2.87. The van der Waals surface area contributed by atoms with Crippen molar-refractivity contribution < 1.29 is 22.7 Å². The van der Waals surface area contributed by atoms with E-state index in [1.54, 1.807) is 23.5 Å². The minimum atomic E-state index is -4.88. The van der Waals surface area contributed by atoms with Gasteiger partial charge in [-0.2, -0.15) is 5.10 Å². The number of para-hydroxylation sites is 1. The molecular formula is C17H11F3N2O2S. The largest absolute Gasteiger partial charge is 0.573 e. The molecule has 8 heteroatoms. The fourth-order valence-electron chi connectivity index (χ4n) is 2.07. The summed E-state index contributed by atoms with van der Waals surface area (Å²) in [6.07, 6.45) is 0.0617. The first-order valence-corrected chi connectivity index (χ1v) is 7.97. The minimum Gasteiger partial charge on any atom is -0.405 e. The van der Waals surface area contributed by atoms with Gasteiger partial charge < -0.3 is 4.74 Å². The summed E-state index contributed by atoms with van der Waals surface area (Å²) in [7, 11) is 0. The van der Waals surface area contributed by atoms with E-state index in [9.17, 15) is 18.0 Å². The third-order valence-corrected chi connectivity index (χ3v) is 3.96. The van der Waals surface area contributed by atoms with E-state index >= 15 is 0 Å². The predicted octanol–water partition coefficient (Wildman–Crippen LogP) is 4.70. The number of hydrogen-bond donors (Lipinski definition) is 0. The van der Waals surface area contributed by atoms with Crippen LogP contribution in [0, 0.1) is 0 Å². The van der Waals surface area contributed by atoms with E-state index in [0.717, 1.165) is 15.6 Å². The van der Waals surface area contributed by atoms with Gasteiger partial charge in [0.25, 0.3) is 5.91 Å². The van der Waals surface area contributed by atoms with E-state index in [4.69, 9.17) is 0 Å². The summed E-state index contributed by atoms with van der Waals surface area (Å²) < 4.78 is 42.3. The van der Waals surface area contributed by atoms with Crippen molar-refractivity contribution in [2.75, 3.05) is 0 Å². The topological polar surface area (TPSA) is 44.1 Å². The number of thiophene rings is 1. The van der Waals surface area contributed by atoms with Crippen LogP contribution in [0.1, 0.15) is 20.9 Å². The van der Waals surface area contributed by atoms with Gasteiger partial charge in [-0.15, -0.1) is 24.5 Å². The van der Waals surface area contributed by atoms with Crippen molar-refractivity contribution in [1.82, 2.24) is 9.78 Å². The highest BCUT2D eigenvalue weighted by Crippen LogP contribution is 2.26. The molecule has 0 bridgehead atoms. The van der Waals surface area contributed by atoms with Gasteiger partial charge in [0.2, 0.25) is 0 Å². The lowest BCUT2D eigenvalue weighted by atomic mass is 10.2. The number of ether oxygens (including phenoxy) is 1. The molecule has 2 aromatic heterocycles. The molecule has 128 valence electrons. The first kappa shape index (κ1) is 17.0. The third kappa shape index (κ3) is 4.36. The Morgan fingerprint density at radius 1 is 1.12 bits per heavy atom. The van der Waals surface area contributed by atoms with Gasteiger partial charge in [-0.3, -0.25) is 4.79 Å². The second-order valence-corrected chi connectivity index (χ2v) is 5.86. The number of alkyl halides is 3. The van der Waals surface area contributed by atoms with E-state index in [2.05, 4.69) is 9.84 Å². The average Bonchev–Trinajstić information content (AvgIpc) is 3.23. The summed E-state index contributed by atoms with van der Waals surface area (Å²) in [6, 6.07) is 10.6. The maximum absolute atomic E-state index is 12.5. The normalized spacial score (nSPS) is 11.8. The zero-order valence-electron chi connectivity index (χ0n) is 12.6. The van der Waals surface area contributed by atoms with Crippen molar-refractivity contribution in [2.24, 2.45) is 0 Å². The molecule has 0 aliphatic rings. The van der Waals surface area contributed by atoms with E-state index in [-0.39, 0.29) is 5.56 Å². The standard InChI is InChI=1S/C17H11F3N2O2S/c18-17(19,20)24-15-6-2-1-5-14(15)16(23)22-10-9-12(21-22)7-8-13-4-3-11-25-13/h1-11H. The Bertz CT molecular complexity index is 899. The van der Waals surface area contributed by atoms with Crippen LogP contribution in [-0.2, 0) is 0 Å². The molecule has 0 saturated carbocycles. The van der Waals surface area contributed by atoms with Crippen LogP contribution in [-0.4, -0.2) is 22.1 Å². The highest BCUT2D eigenvalue weighted by atomic mass is 32.1. The number of nitrogens with zero attached hydrogens (tertiary/aromatic N) is 2. The van der Waals surface area contributed by atoms with E-state index in [0.29, 0.717) is 5.69 Å². The van der Waals surface area contributed by atoms with Crippen LogP contribution < -0.4 is 4.74 Å². The van der Waals surface area contributed by atoms with Crippen LogP contribution in [0.25, 0.3) is 12.2 Å². The number of rotatable bonds is 4. The number of hydrogen-bond acceptors (Lipinski definition) is 4. The van der Waals surface area contributed by atoms with Crippen molar-refractivity contribution >= 4 is 29.4 Å². The molecule has 0 fully saturated rings. The first-order valence-electron chi connectivity index (χ1n) is 7.09. The van der Waals surface area contributed by atoms with Gasteiger partial charge in [-0.25, -0.2) is 4.68 Å². The molecule has 3 aromatic rings. The number of halogens is 3. The Kier molecular flexibility index (Phi) is 4.71. The van der Waals surface area contributed by atoms with Crippen molar-refractivity contribution in [3.8, 4) is 5.75 Å². The summed E-state index contributed by atoms with van der Waals surface area (Å²) in [5, 5.41) is 6.00. The van der Waals surface area contributed by atoms with Crippen LogP contribution >= 0.6 is 11.3 Å². The lowest BCUT2D eigenvalue weighted by Crippen LogP contribution is -2.21. The summed E-state index contributed by atoms with van der Waals surface area (Å²) in [5.41, 5.74) is 0.285. The molecule has 2 heterocycles. The number of carbonyl (C=O) groups is 1. The second kappa shape index (κ2) is 6.94. The Morgan fingerprint density at radius 2 is 1.92 bits per heavy atom. The maximum atomic E-state index is 12.5. The molecule has 3 rings (SSSR count). The van der Waals surface area contributed by atoms with Crippen LogP contribution in [0.5, 0.6) is 5.75 Å². The SMILES string of the molecule is O=C(c1ccccc1OC(F)(F)F)n1ccc(C=Cc2cccs2)n1. The van der Waals surface area contributed by atoms with Crippen molar-refractivity contribution in [2.45, 2.75) is 6.36 Å². The highest BCUT2D eigenvalue weighted by Gasteiger charge is 2.33. The lowest BCUT2D eigenvalue weighted by Gasteiger charge is -2.12. The van der Waals surface area contributed by atoms with Crippen LogP contribution in [0.2, 0.25) is 0 Å². The van der Waals surface area contributed by atoms with Gasteiger partial charge in [0.1, 0.15) is 5.75 Å². The maximum Gasteiger partial charge on any atom is 0.573 e. The Balaban J connectivity index is 1.82. The summed E-state index contributed by atoms with van der Waals surface area (Å²) >= 11 is 1.55. The lowest BCUT2D eigenvalue weighted by molar-refractivity contribution is -0.274. The third-order valence-electron chi connectivity index (χ3n) is 3.12. The van der Waals surface area contributed by atoms with Gasteiger partial charge in [-0.05, 0) is 41.8 Å². The molecule has 0 unspecified atom stereocenters. The molecule has 1 aromatic carbocycles. The molecule has 0 N–H and O–H groups in total. The van der Waals surface area contributed by atoms with Crippen molar-refractivity contribution in [1.29, 1.82) is 0 Å². The molecular weight excluding hydrogens is 353 g/mol. The smallest absolute Gasteiger partial charge is 0.405 e. The summed E-state index contributed by atoms with van der Waals surface area (Å²) in [6.45, 7) is 0. The zero-order chi connectivity index (χ0) is 17.9. The first-order chi connectivity index (χ1) is 11.9. The van der Waals surface area contributed by atoms with Crippen LogP contribution in [0.15, 0.2) is 54.0 Å². The molecule has 0 radical (unpaired) electrons. The van der Waals surface area contributed by atoms with E-state index in [1.165, 1.54) is 24.4 Å². The predicted molar refractivity (Wildman–Crippen MR) is 88.3 cm³/mol. The van der Waals surface area contributed by atoms with Gasteiger partial charge >= 0.3 is 6.36 Å². The molecule has 0 aliphatic heterocycles. The van der Waals surface area contributed by atoms with Crippen molar-refractivity contribution in [3.05, 3.63) is 70.2 Å². The summed E-state index contributed by atoms with van der Waals surface area (Å²) in [4.78, 5) is 13.4. The molecule has 25 heavy (non-hydrogen) atoms. The minimum absolute atomic E-state index is 0.225. The summed E-state index contributed by atoms with van der Waals surface area (Å²) in [5.74, 6) is -1.28. The molecule has 4 nitrogen and oxygen atoms in total. The second-order valence-electron chi connectivity index (χ2n) is 4.88. The van der Waals surface area contributed by atoms with Gasteiger partial charge in [0.15, 0.2) is 0 Å². The zero-order valence-corrected chi connectivity index (χ0v) is 13.4. The van der Waals surface area contributed by atoms with Crippen molar-refractivity contribution in [3.63, 3.8) is 0 Å². The Labute approximate surface area is 144 Å². The van der Waals surface area contributed by atoms with Gasteiger partial charge in [0.05, 0.1) is 11.3 Å². The molecule has 0 saturated heterocycles. The van der Waals surface area contributed by atoms with Gasteiger partial charge in [-0.1, -0.05) is 18.2 Å². The van der Waals surface area contributed by atoms with E-state index in [1.807, 2.05) is 23.6 Å². The number of benzene rings is 1. The fraction of sp³-hybridized carbons (Fsp3) is 0.0588. The molecule has 0 amide bonds.